The number of imidazole rings is 1. The van der Waals surface area contributed by atoms with Crippen molar-refractivity contribution < 1.29 is 13.7 Å². The van der Waals surface area contributed by atoms with Crippen LogP contribution in [-0.4, -0.2) is 35.2 Å². The van der Waals surface area contributed by atoms with Crippen molar-refractivity contribution in [3.05, 3.63) is 29.7 Å². The van der Waals surface area contributed by atoms with Crippen LogP contribution in [0.25, 0.3) is 5.65 Å². The predicted octanol–water partition coefficient (Wildman–Crippen LogP) is 2.31. The van der Waals surface area contributed by atoms with Crippen molar-refractivity contribution in [3.63, 3.8) is 0 Å². The van der Waals surface area contributed by atoms with Crippen LogP contribution in [0.2, 0.25) is 0 Å². The van der Waals surface area contributed by atoms with Gasteiger partial charge in [0.05, 0.1) is 40.4 Å². The van der Waals surface area contributed by atoms with Crippen molar-refractivity contribution in [1.29, 1.82) is 0 Å². The molecule has 8 nitrogen and oxygen atoms in total. The van der Waals surface area contributed by atoms with Crippen LogP contribution in [0.3, 0.4) is 0 Å². The van der Waals surface area contributed by atoms with E-state index in [1.54, 1.807) is 16.9 Å². The Morgan fingerprint density at radius 1 is 1.23 bits per heavy atom. The van der Waals surface area contributed by atoms with Gasteiger partial charge < -0.3 is 10.1 Å². The summed E-state index contributed by atoms with van der Waals surface area (Å²) in [4.78, 5) is 16.2. The SMILES string of the molecule is CC(C)(C)OC(=O)NCc1cn2ncc(CNS(=O)C(C)(C)C)cc2n1. The lowest BCUT2D eigenvalue weighted by atomic mass is 10.2. The van der Waals surface area contributed by atoms with E-state index >= 15 is 0 Å². The number of hydrogen-bond donors (Lipinski definition) is 2. The van der Waals surface area contributed by atoms with Crippen LogP contribution in [0.4, 0.5) is 4.79 Å². The van der Waals surface area contributed by atoms with E-state index in [0.29, 0.717) is 17.9 Å². The second kappa shape index (κ2) is 7.71. The molecule has 0 spiro atoms. The number of ether oxygens (including phenoxy) is 1. The maximum Gasteiger partial charge on any atom is 0.407 e. The second-order valence-electron chi connectivity index (χ2n) is 7.96. The first-order valence-electron chi connectivity index (χ1n) is 8.39. The fourth-order valence-corrected chi connectivity index (χ4v) is 2.72. The molecule has 2 aromatic heterocycles. The van der Waals surface area contributed by atoms with Gasteiger partial charge in [-0.2, -0.15) is 5.10 Å². The van der Waals surface area contributed by atoms with Crippen LogP contribution in [0.5, 0.6) is 0 Å². The van der Waals surface area contributed by atoms with Gasteiger partial charge >= 0.3 is 6.09 Å². The number of fused-ring (bicyclic) bond motifs is 1. The molecule has 0 aliphatic rings. The van der Waals surface area contributed by atoms with Crippen molar-refractivity contribution in [1.82, 2.24) is 24.6 Å². The molecule has 1 atom stereocenters. The minimum atomic E-state index is -1.15. The van der Waals surface area contributed by atoms with E-state index in [2.05, 4.69) is 20.1 Å². The number of carbonyl (C=O) groups excluding carboxylic acids is 1. The molecule has 26 heavy (non-hydrogen) atoms. The zero-order valence-electron chi connectivity index (χ0n) is 16.1. The molecule has 9 heteroatoms. The Bertz CT molecular complexity index is 805. The zero-order chi connectivity index (χ0) is 19.5. The molecule has 0 aromatic carbocycles. The lowest BCUT2D eigenvalue weighted by Gasteiger charge is -2.19. The summed E-state index contributed by atoms with van der Waals surface area (Å²) < 4.78 is 21.6. The number of amides is 1. The van der Waals surface area contributed by atoms with Crippen LogP contribution >= 0.6 is 0 Å². The molecule has 0 saturated carbocycles. The number of rotatable bonds is 5. The molecular weight excluding hydrogens is 354 g/mol. The van der Waals surface area contributed by atoms with Crippen molar-refractivity contribution in [2.75, 3.05) is 0 Å². The average molecular weight is 382 g/mol. The Kier molecular flexibility index (Phi) is 6.02. The Morgan fingerprint density at radius 3 is 2.54 bits per heavy atom. The number of aromatic nitrogens is 3. The van der Waals surface area contributed by atoms with E-state index < -0.39 is 22.7 Å². The van der Waals surface area contributed by atoms with Gasteiger partial charge in [0.25, 0.3) is 0 Å². The highest BCUT2D eigenvalue weighted by atomic mass is 32.2. The highest BCUT2D eigenvalue weighted by molar-refractivity contribution is 7.84. The molecule has 0 fully saturated rings. The topological polar surface area (TPSA) is 97.6 Å². The summed E-state index contributed by atoms with van der Waals surface area (Å²) in [6.07, 6.45) is 2.96. The van der Waals surface area contributed by atoms with Crippen LogP contribution in [0.15, 0.2) is 18.5 Å². The quantitative estimate of drug-likeness (QED) is 0.828. The summed E-state index contributed by atoms with van der Waals surface area (Å²) in [6.45, 7) is 11.9. The molecule has 1 unspecified atom stereocenters. The molecule has 1 amide bonds. The van der Waals surface area contributed by atoms with E-state index in [9.17, 15) is 9.00 Å². The van der Waals surface area contributed by atoms with Gasteiger partial charge in [0.1, 0.15) is 5.60 Å². The predicted molar refractivity (Wildman–Crippen MR) is 101 cm³/mol. The molecule has 144 valence electrons. The second-order valence-corrected chi connectivity index (χ2v) is 10.0. The third kappa shape index (κ3) is 6.06. The maximum atomic E-state index is 12.1. The molecule has 0 bridgehead atoms. The summed E-state index contributed by atoms with van der Waals surface area (Å²) in [5, 5.41) is 6.97. The highest BCUT2D eigenvalue weighted by Crippen LogP contribution is 2.11. The molecule has 2 N–H and O–H groups in total. The largest absolute Gasteiger partial charge is 0.444 e. The van der Waals surface area contributed by atoms with E-state index in [1.807, 2.05) is 47.6 Å². The first kappa shape index (κ1) is 20.3. The van der Waals surface area contributed by atoms with E-state index in [-0.39, 0.29) is 11.3 Å². The Hall–Kier alpha value is -2.00. The van der Waals surface area contributed by atoms with Crippen molar-refractivity contribution in [2.45, 2.75) is 65.0 Å². The van der Waals surface area contributed by atoms with E-state index in [0.717, 1.165) is 5.56 Å². The Morgan fingerprint density at radius 2 is 1.92 bits per heavy atom. The molecule has 2 aromatic rings. The molecule has 2 heterocycles. The summed E-state index contributed by atoms with van der Waals surface area (Å²) in [5.41, 5.74) is 1.67. The van der Waals surface area contributed by atoms with Crippen LogP contribution < -0.4 is 10.0 Å². The summed E-state index contributed by atoms with van der Waals surface area (Å²) in [5.74, 6) is 0. The van der Waals surface area contributed by atoms with Gasteiger partial charge in [-0.3, -0.25) is 0 Å². The van der Waals surface area contributed by atoms with Gasteiger partial charge in [0, 0.05) is 6.54 Å². The fraction of sp³-hybridized carbons (Fsp3) is 0.588. The van der Waals surface area contributed by atoms with Crippen molar-refractivity contribution in [3.8, 4) is 0 Å². The highest BCUT2D eigenvalue weighted by Gasteiger charge is 2.19. The molecule has 0 aliphatic heterocycles. The lowest BCUT2D eigenvalue weighted by molar-refractivity contribution is 0.0523. The minimum Gasteiger partial charge on any atom is -0.444 e. The van der Waals surface area contributed by atoms with E-state index in [1.165, 1.54) is 0 Å². The number of nitrogens with zero attached hydrogens (tertiary/aromatic N) is 3. The smallest absolute Gasteiger partial charge is 0.407 e. The van der Waals surface area contributed by atoms with Gasteiger partial charge in [-0.25, -0.2) is 23.2 Å². The van der Waals surface area contributed by atoms with E-state index in [4.69, 9.17) is 4.74 Å². The van der Waals surface area contributed by atoms with Gasteiger partial charge in [-0.15, -0.1) is 0 Å². The van der Waals surface area contributed by atoms with Crippen molar-refractivity contribution in [2.24, 2.45) is 0 Å². The number of carbonyl (C=O) groups is 1. The summed E-state index contributed by atoms with van der Waals surface area (Å²) in [6, 6.07) is 1.87. The average Bonchev–Trinajstić information content (AvgIpc) is 2.90. The zero-order valence-corrected chi connectivity index (χ0v) is 16.9. The molecule has 0 radical (unpaired) electrons. The molecule has 0 saturated heterocycles. The maximum absolute atomic E-state index is 12.1. The first-order valence-corrected chi connectivity index (χ1v) is 9.54. The van der Waals surface area contributed by atoms with Gasteiger partial charge in [-0.05, 0) is 53.2 Å². The Balaban J connectivity index is 1.98. The standard InChI is InChI=1S/C17H27N5O3S/c1-16(2,3)25-15(23)18-10-13-11-22-14(21-13)7-12(8-19-22)9-20-26(24)17(4,5)6/h7-8,11,20H,9-10H2,1-6H3,(H,18,23). The van der Waals surface area contributed by atoms with Gasteiger partial charge in [0.2, 0.25) is 0 Å². The number of alkyl carbamates (subject to hydrolysis) is 1. The third-order valence-electron chi connectivity index (χ3n) is 3.20. The fourth-order valence-electron chi connectivity index (χ4n) is 1.99. The monoisotopic (exact) mass is 381 g/mol. The van der Waals surface area contributed by atoms with Gasteiger partial charge in [-0.1, -0.05) is 0 Å². The normalized spacial score (nSPS) is 13.6. The number of hydrogen-bond acceptors (Lipinski definition) is 5. The van der Waals surface area contributed by atoms with Crippen LogP contribution in [-0.2, 0) is 28.8 Å². The Labute approximate surface area is 156 Å². The van der Waals surface area contributed by atoms with Crippen LogP contribution in [0.1, 0.15) is 52.8 Å². The molecule has 2 rings (SSSR count). The number of nitrogens with one attached hydrogen (secondary N) is 2. The molecular formula is C17H27N5O3S. The first-order chi connectivity index (χ1) is 11.9. The van der Waals surface area contributed by atoms with Gasteiger partial charge in [0.15, 0.2) is 5.65 Å². The lowest BCUT2D eigenvalue weighted by Crippen LogP contribution is -2.32. The third-order valence-corrected chi connectivity index (χ3v) is 4.72. The van der Waals surface area contributed by atoms with Crippen LogP contribution in [0, 0.1) is 0 Å². The van der Waals surface area contributed by atoms with Crippen molar-refractivity contribution >= 4 is 22.7 Å². The molecule has 0 aliphatic carbocycles. The summed E-state index contributed by atoms with van der Waals surface area (Å²) in [7, 11) is -1.15. The minimum absolute atomic E-state index is 0.250. The summed E-state index contributed by atoms with van der Waals surface area (Å²) >= 11 is 0.